The number of benzene rings is 2. The molecule has 0 bridgehead atoms. The van der Waals surface area contributed by atoms with Crippen molar-refractivity contribution < 1.29 is 13.9 Å². The van der Waals surface area contributed by atoms with Crippen molar-refractivity contribution >= 4 is 15.9 Å². The van der Waals surface area contributed by atoms with Gasteiger partial charge in [-0.1, -0.05) is 28.1 Å². The summed E-state index contributed by atoms with van der Waals surface area (Å²) in [6, 6.07) is 10.8. The van der Waals surface area contributed by atoms with Crippen LogP contribution in [0.15, 0.2) is 46.9 Å². The van der Waals surface area contributed by atoms with Crippen LogP contribution in [0.2, 0.25) is 0 Å². The lowest BCUT2D eigenvalue weighted by Gasteiger charge is -2.15. The SMILES string of the molecule is OCC(Cc1cc(F)ccc1F)c1ccc(Br)cc1. The van der Waals surface area contributed by atoms with Gasteiger partial charge >= 0.3 is 0 Å². The van der Waals surface area contributed by atoms with Crippen LogP contribution in [0, 0.1) is 11.6 Å². The van der Waals surface area contributed by atoms with Crippen molar-refractivity contribution in [2.75, 3.05) is 6.61 Å². The van der Waals surface area contributed by atoms with E-state index in [4.69, 9.17) is 0 Å². The minimum Gasteiger partial charge on any atom is -0.396 e. The van der Waals surface area contributed by atoms with Gasteiger partial charge in [0.2, 0.25) is 0 Å². The molecule has 0 amide bonds. The van der Waals surface area contributed by atoms with Crippen LogP contribution in [0.3, 0.4) is 0 Å². The Bertz CT molecular complexity index is 555. The largest absolute Gasteiger partial charge is 0.396 e. The first-order chi connectivity index (χ1) is 9.10. The molecule has 2 aromatic rings. The van der Waals surface area contributed by atoms with Gasteiger partial charge in [-0.05, 0) is 47.9 Å². The van der Waals surface area contributed by atoms with Crippen molar-refractivity contribution in [1.29, 1.82) is 0 Å². The predicted molar refractivity (Wildman–Crippen MR) is 74.0 cm³/mol. The fourth-order valence-electron chi connectivity index (χ4n) is 1.99. The Morgan fingerprint density at radius 3 is 2.37 bits per heavy atom. The molecule has 1 atom stereocenters. The molecule has 0 saturated heterocycles. The van der Waals surface area contributed by atoms with Gasteiger partial charge in [0.15, 0.2) is 0 Å². The van der Waals surface area contributed by atoms with Crippen LogP contribution in [0.5, 0.6) is 0 Å². The lowest BCUT2D eigenvalue weighted by molar-refractivity contribution is 0.263. The molecule has 100 valence electrons. The zero-order chi connectivity index (χ0) is 13.8. The van der Waals surface area contributed by atoms with Crippen molar-refractivity contribution in [3.63, 3.8) is 0 Å². The second-order valence-corrected chi connectivity index (χ2v) is 5.29. The number of rotatable bonds is 4. The molecule has 0 aliphatic carbocycles. The average molecular weight is 327 g/mol. The molecule has 0 aliphatic rings. The minimum absolute atomic E-state index is 0.114. The molecular formula is C15H13BrF2O. The minimum atomic E-state index is -0.469. The summed E-state index contributed by atoms with van der Waals surface area (Å²) in [6.07, 6.45) is 0.266. The summed E-state index contributed by atoms with van der Waals surface area (Å²) in [6.45, 7) is -0.114. The summed E-state index contributed by atoms with van der Waals surface area (Å²) in [5, 5.41) is 9.44. The molecule has 0 saturated carbocycles. The maximum atomic E-state index is 13.6. The zero-order valence-electron chi connectivity index (χ0n) is 10.1. The monoisotopic (exact) mass is 326 g/mol. The molecule has 0 heterocycles. The average Bonchev–Trinajstić information content (AvgIpc) is 2.41. The Kier molecular flexibility index (Phi) is 4.66. The fourth-order valence-corrected chi connectivity index (χ4v) is 2.25. The molecule has 0 spiro atoms. The van der Waals surface area contributed by atoms with Gasteiger partial charge in [-0.3, -0.25) is 0 Å². The maximum absolute atomic E-state index is 13.6. The second kappa shape index (κ2) is 6.26. The number of halogens is 3. The lowest BCUT2D eigenvalue weighted by Crippen LogP contribution is -2.09. The van der Waals surface area contributed by atoms with E-state index in [2.05, 4.69) is 15.9 Å². The van der Waals surface area contributed by atoms with Gasteiger partial charge in [-0.15, -0.1) is 0 Å². The topological polar surface area (TPSA) is 20.2 Å². The Balaban J connectivity index is 2.23. The fraction of sp³-hybridized carbons (Fsp3) is 0.200. The van der Waals surface area contributed by atoms with Gasteiger partial charge in [-0.25, -0.2) is 8.78 Å². The van der Waals surface area contributed by atoms with Crippen molar-refractivity contribution in [2.45, 2.75) is 12.3 Å². The molecule has 1 nitrogen and oxygen atoms in total. The molecule has 2 rings (SSSR count). The van der Waals surface area contributed by atoms with Gasteiger partial charge in [-0.2, -0.15) is 0 Å². The molecule has 4 heteroatoms. The molecule has 1 unspecified atom stereocenters. The zero-order valence-corrected chi connectivity index (χ0v) is 11.7. The van der Waals surface area contributed by atoms with E-state index < -0.39 is 11.6 Å². The number of hydrogen-bond donors (Lipinski definition) is 1. The quantitative estimate of drug-likeness (QED) is 0.898. The first-order valence-electron chi connectivity index (χ1n) is 5.90. The molecular weight excluding hydrogens is 314 g/mol. The van der Waals surface area contributed by atoms with E-state index in [1.165, 1.54) is 6.07 Å². The molecule has 19 heavy (non-hydrogen) atoms. The number of aliphatic hydroxyl groups is 1. The van der Waals surface area contributed by atoms with Crippen molar-refractivity contribution in [1.82, 2.24) is 0 Å². The highest BCUT2D eigenvalue weighted by Gasteiger charge is 2.14. The molecule has 1 N–H and O–H groups in total. The van der Waals surface area contributed by atoms with Crippen LogP contribution in [0.25, 0.3) is 0 Å². The van der Waals surface area contributed by atoms with Crippen LogP contribution >= 0.6 is 15.9 Å². The van der Waals surface area contributed by atoms with Gasteiger partial charge < -0.3 is 5.11 Å². The van der Waals surface area contributed by atoms with Crippen LogP contribution in [-0.2, 0) is 6.42 Å². The van der Waals surface area contributed by atoms with E-state index in [1.54, 1.807) is 0 Å². The highest BCUT2D eigenvalue weighted by Crippen LogP contribution is 2.24. The van der Waals surface area contributed by atoms with Crippen LogP contribution in [-0.4, -0.2) is 11.7 Å². The number of aliphatic hydroxyl groups excluding tert-OH is 1. The maximum Gasteiger partial charge on any atom is 0.126 e. The summed E-state index contributed by atoms with van der Waals surface area (Å²) in [7, 11) is 0. The Morgan fingerprint density at radius 1 is 1.05 bits per heavy atom. The van der Waals surface area contributed by atoms with Gasteiger partial charge in [0.05, 0.1) is 6.61 Å². The summed E-state index contributed by atoms with van der Waals surface area (Å²) in [4.78, 5) is 0. The standard InChI is InChI=1S/C15H13BrF2O/c16-13-3-1-10(2-4-13)12(9-19)7-11-8-14(17)5-6-15(11)18/h1-6,8,12,19H,7,9H2. The third-order valence-corrected chi connectivity index (χ3v) is 3.56. The van der Waals surface area contributed by atoms with E-state index in [9.17, 15) is 13.9 Å². The molecule has 0 fully saturated rings. The normalized spacial score (nSPS) is 12.4. The van der Waals surface area contributed by atoms with E-state index in [1.807, 2.05) is 24.3 Å². The first-order valence-corrected chi connectivity index (χ1v) is 6.69. The van der Waals surface area contributed by atoms with Gasteiger partial charge in [0, 0.05) is 10.4 Å². The van der Waals surface area contributed by atoms with Crippen molar-refractivity contribution in [3.8, 4) is 0 Å². The Labute approximate surface area is 119 Å². The summed E-state index contributed by atoms with van der Waals surface area (Å²) in [5.41, 5.74) is 1.18. The van der Waals surface area contributed by atoms with E-state index in [0.29, 0.717) is 0 Å². The molecule has 0 radical (unpaired) electrons. The molecule has 2 aromatic carbocycles. The van der Waals surface area contributed by atoms with Crippen LogP contribution < -0.4 is 0 Å². The van der Waals surface area contributed by atoms with E-state index >= 15 is 0 Å². The Morgan fingerprint density at radius 2 is 1.74 bits per heavy atom. The van der Waals surface area contributed by atoms with Crippen molar-refractivity contribution in [2.24, 2.45) is 0 Å². The van der Waals surface area contributed by atoms with E-state index in [0.717, 1.165) is 22.2 Å². The van der Waals surface area contributed by atoms with Crippen molar-refractivity contribution in [3.05, 3.63) is 69.7 Å². The Hall–Kier alpha value is -1.26. The smallest absolute Gasteiger partial charge is 0.126 e. The summed E-state index contributed by atoms with van der Waals surface area (Å²) < 4.78 is 27.6. The third-order valence-electron chi connectivity index (χ3n) is 3.04. The van der Waals surface area contributed by atoms with E-state index in [-0.39, 0.29) is 24.5 Å². The van der Waals surface area contributed by atoms with Crippen LogP contribution in [0.1, 0.15) is 17.0 Å². The summed E-state index contributed by atoms with van der Waals surface area (Å²) in [5.74, 6) is -1.16. The lowest BCUT2D eigenvalue weighted by atomic mass is 9.92. The van der Waals surface area contributed by atoms with Gasteiger partial charge in [0.25, 0.3) is 0 Å². The highest BCUT2D eigenvalue weighted by molar-refractivity contribution is 9.10. The third kappa shape index (κ3) is 3.61. The second-order valence-electron chi connectivity index (χ2n) is 4.37. The molecule has 0 aromatic heterocycles. The van der Waals surface area contributed by atoms with Crippen LogP contribution in [0.4, 0.5) is 8.78 Å². The summed E-state index contributed by atoms with van der Waals surface area (Å²) >= 11 is 3.33. The predicted octanol–water partition coefficient (Wildman–Crippen LogP) is 4.05. The molecule has 0 aliphatic heterocycles. The number of hydrogen-bond acceptors (Lipinski definition) is 1. The highest BCUT2D eigenvalue weighted by atomic mass is 79.9. The van der Waals surface area contributed by atoms with Gasteiger partial charge in [0.1, 0.15) is 11.6 Å². The first kappa shape index (κ1) is 14.2.